The molecule has 1 heterocycles. The maximum atomic E-state index is 13.2. The number of hydrogen-bond donors (Lipinski definition) is 1. The number of carbonyl (C=O) groups is 1. The van der Waals surface area contributed by atoms with Gasteiger partial charge >= 0.3 is 5.97 Å². The van der Waals surface area contributed by atoms with Gasteiger partial charge in [0.25, 0.3) is 0 Å². The van der Waals surface area contributed by atoms with Gasteiger partial charge in [0, 0.05) is 16.3 Å². The SMILES string of the molecule is CCOC(=O)c1c(C)oc2c1c(C[NH+](CC)CC)c([O-])c1ccccc12. The lowest BCUT2D eigenvalue weighted by Gasteiger charge is -2.22. The lowest BCUT2D eigenvalue weighted by molar-refractivity contribution is -0.910. The van der Waals surface area contributed by atoms with Gasteiger partial charge in [-0.2, -0.15) is 0 Å². The van der Waals surface area contributed by atoms with E-state index >= 15 is 0 Å². The van der Waals surface area contributed by atoms with Crippen molar-refractivity contribution in [3.05, 3.63) is 41.2 Å². The first-order valence-electron chi connectivity index (χ1n) is 9.17. The van der Waals surface area contributed by atoms with E-state index in [1.165, 1.54) is 4.90 Å². The van der Waals surface area contributed by atoms with Crippen LogP contribution in [0, 0.1) is 6.92 Å². The number of benzene rings is 2. The standard InChI is InChI=1S/C21H25NO4/c1-5-22(6-2)12-16-18-17(21(24)25-7-3)13(4)26-20(18)15-11-9-8-10-14(15)19(16)23/h8-11,23H,5-7,12H2,1-4H3. The van der Waals surface area contributed by atoms with Crippen LogP contribution in [-0.4, -0.2) is 25.7 Å². The molecule has 5 heteroatoms. The molecular weight excluding hydrogens is 330 g/mol. The van der Waals surface area contributed by atoms with Crippen LogP contribution in [0.4, 0.5) is 0 Å². The average molecular weight is 355 g/mol. The lowest BCUT2D eigenvalue weighted by atomic mass is 9.97. The third-order valence-corrected chi connectivity index (χ3v) is 4.98. The predicted octanol–water partition coefficient (Wildman–Crippen LogP) is 2.57. The quantitative estimate of drug-likeness (QED) is 0.690. The van der Waals surface area contributed by atoms with Crippen molar-refractivity contribution in [1.82, 2.24) is 0 Å². The number of quaternary nitrogens is 1. The first-order chi connectivity index (χ1) is 12.5. The Labute approximate surface area is 153 Å². The summed E-state index contributed by atoms with van der Waals surface area (Å²) in [7, 11) is 0. The summed E-state index contributed by atoms with van der Waals surface area (Å²) in [5, 5.41) is 15.2. The molecule has 1 N–H and O–H groups in total. The number of furan rings is 1. The van der Waals surface area contributed by atoms with Crippen molar-refractivity contribution < 1.29 is 24.0 Å². The second-order valence-corrected chi connectivity index (χ2v) is 6.44. The van der Waals surface area contributed by atoms with E-state index in [2.05, 4.69) is 13.8 Å². The van der Waals surface area contributed by atoms with Crippen LogP contribution in [0.1, 0.15) is 42.5 Å². The summed E-state index contributed by atoms with van der Waals surface area (Å²) in [6.45, 7) is 10.3. The topological polar surface area (TPSA) is 66.9 Å². The van der Waals surface area contributed by atoms with Crippen LogP contribution < -0.4 is 10.0 Å². The van der Waals surface area contributed by atoms with Crippen LogP contribution in [0.3, 0.4) is 0 Å². The lowest BCUT2D eigenvalue weighted by Crippen LogP contribution is -3.10. The summed E-state index contributed by atoms with van der Waals surface area (Å²) in [5.74, 6) is 0.0260. The normalized spacial score (nSPS) is 11.6. The minimum absolute atomic E-state index is 0.0288. The van der Waals surface area contributed by atoms with Crippen LogP contribution in [0.2, 0.25) is 0 Å². The Morgan fingerprint density at radius 2 is 1.81 bits per heavy atom. The molecule has 0 amide bonds. The molecule has 0 aliphatic rings. The minimum atomic E-state index is -0.436. The molecule has 0 fully saturated rings. The van der Waals surface area contributed by atoms with E-state index in [1.807, 2.05) is 24.3 Å². The Balaban J connectivity index is 2.39. The van der Waals surface area contributed by atoms with Gasteiger partial charge in [-0.3, -0.25) is 0 Å². The molecular formula is C21H25NO4. The number of carbonyl (C=O) groups excluding carboxylic acids is 1. The van der Waals surface area contributed by atoms with Gasteiger partial charge in [0.2, 0.25) is 0 Å². The molecule has 3 aromatic rings. The number of rotatable bonds is 6. The van der Waals surface area contributed by atoms with Crippen molar-refractivity contribution in [3.63, 3.8) is 0 Å². The Morgan fingerprint density at radius 3 is 2.42 bits per heavy atom. The molecule has 0 saturated heterocycles. The van der Waals surface area contributed by atoms with E-state index in [1.54, 1.807) is 13.8 Å². The van der Waals surface area contributed by atoms with Crippen molar-refractivity contribution in [2.45, 2.75) is 34.2 Å². The van der Waals surface area contributed by atoms with Crippen LogP contribution in [0.15, 0.2) is 28.7 Å². The highest BCUT2D eigenvalue weighted by molar-refractivity contribution is 6.16. The molecule has 0 aliphatic carbocycles. The number of aryl methyl sites for hydroxylation is 1. The molecule has 0 radical (unpaired) electrons. The summed E-state index contributed by atoms with van der Waals surface area (Å²) >= 11 is 0. The highest BCUT2D eigenvalue weighted by atomic mass is 16.5. The summed E-state index contributed by atoms with van der Waals surface area (Å²) in [4.78, 5) is 13.8. The molecule has 26 heavy (non-hydrogen) atoms. The Morgan fingerprint density at radius 1 is 1.15 bits per heavy atom. The maximum Gasteiger partial charge on any atom is 0.342 e. The highest BCUT2D eigenvalue weighted by Gasteiger charge is 2.25. The Hall–Kier alpha value is -2.53. The van der Waals surface area contributed by atoms with Crippen molar-refractivity contribution in [3.8, 4) is 5.75 Å². The molecule has 0 unspecified atom stereocenters. The van der Waals surface area contributed by atoms with Gasteiger partial charge in [0.15, 0.2) is 0 Å². The van der Waals surface area contributed by atoms with E-state index in [9.17, 15) is 9.90 Å². The van der Waals surface area contributed by atoms with Crippen molar-refractivity contribution >= 4 is 27.7 Å². The summed E-state index contributed by atoms with van der Waals surface area (Å²) in [6.07, 6.45) is 0. The van der Waals surface area contributed by atoms with Crippen molar-refractivity contribution in [2.24, 2.45) is 0 Å². The fraction of sp³-hybridized carbons (Fsp3) is 0.381. The van der Waals surface area contributed by atoms with Crippen LogP contribution in [-0.2, 0) is 11.3 Å². The smallest absolute Gasteiger partial charge is 0.342 e. The number of ether oxygens (including phenoxy) is 1. The zero-order valence-corrected chi connectivity index (χ0v) is 15.8. The summed E-state index contributed by atoms with van der Waals surface area (Å²) in [6, 6.07) is 7.41. The highest BCUT2D eigenvalue weighted by Crippen LogP contribution is 2.40. The average Bonchev–Trinajstić information content (AvgIpc) is 2.99. The Kier molecular flexibility index (Phi) is 5.18. The summed E-state index contributed by atoms with van der Waals surface area (Å²) < 4.78 is 11.2. The zero-order valence-electron chi connectivity index (χ0n) is 15.8. The molecule has 2 aromatic carbocycles. The van der Waals surface area contributed by atoms with Gasteiger partial charge < -0.3 is 19.2 Å². The van der Waals surface area contributed by atoms with Gasteiger partial charge in [-0.05, 0) is 33.1 Å². The largest absolute Gasteiger partial charge is 0.872 e. The third-order valence-electron chi connectivity index (χ3n) is 4.98. The zero-order chi connectivity index (χ0) is 18.8. The first-order valence-corrected chi connectivity index (χ1v) is 9.17. The van der Waals surface area contributed by atoms with Crippen LogP contribution >= 0.6 is 0 Å². The molecule has 0 bridgehead atoms. The molecule has 1 aromatic heterocycles. The third kappa shape index (κ3) is 2.92. The second-order valence-electron chi connectivity index (χ2n) is 6.44. The molecule has 5 nitrogen and oxygen atoms in total. The molecule has 3 rings (SSSR count). The van der Waals surface area contributed by atoms with Gasteiger partial charge in [0.1, 0.15) is 23.5 Å². The molecule has 138 valence electrons. The molecule has 0 aliphatic heterocycles. The maximum absolute atomic E-state index is 13.2. The van der Waals surface area contributed by atoms with Gasteiger partial charge in [0.05, 0.1) is 19.7 Å². The van der Waals surface area contributed by atoms with E-state index in [-0.39, 0.29) is 12.4 Å². The Bertz CT molecular complexity index is 954. The van der Waals surface area contributed by atoms with Crippen molar-refractivity contribution in [2.75, 3.05) is 19.7 Å². The summed E-state index contributed by atoms with van der Waals surface area (Å²) in [5.41, 5.74) is 1.62. The van der Waals surface area contributed by atoms with Crippen LogP contribution in [0.5, 0.6) is 5.75 Å². The number of fused-ring (bicyclic) bond motifs is 3. The van der Waals surface area contributed by atoms with Gasteiger partial charge in [-0.15, -0.1) is 0 Å². The monoisotopic (exact) mass is 355 g/mol. The molecule has 0 atom stereocenters. The minimum Gasteiger partial charge on any atom is -0.872 e. The second kappa shape index (κ2) is 7.38. The van der Waals surface area contributed by atoms with Crippen LogP contribution in [0.25, 0.3) is 21.7 Å². The molecule has 0 saturated carbocycles. The fourth-order valence-electron chi connectivity index (χ4n) is 3.55. The fourth-order valence-corrected chi connectivity index (χ4v) is 3.55. The number of hydrogen-bond acceptors (Lipinski definition) is 4. The van der Waals surface area contributed by atoms with Crippen molar-refractivity contribution in [1.29, 1.82) is 0 Å². The van der Waals surface area contributed by atoms with E-state index in [0.29, 0.717) is 39.8 Å². The first kappa shape index (κ1) is 18.3. The van der Waals surface area contributed by atoms with Gasteiger partial charge in [-0.1, -0.05) is 30.0 Å². The van der Waals surface area contributed by atoms with E-state index in [4.69, 9.17) is 9.15 Å². The number of nitrogens with one attached hydrogen (secondary N) is 1. The number of esters is 1. The van der Waals surface area contributed by atoms with E-state index < -0.39 is 5.97 Å². The predicted molar refractivity (Wildman–Crippen MR) is 99.6 cm³/mol. The van der Waals surface area contributed by atoms with Gasteiger partial charge in [-0.25, -0.2) is 4.79 Å². The van der Waals surface area contributed by atoms with E-state index in [0.717, 1.165) is 18.5 Å². The molecule has 0 spiro atoms.